The van der Waals surface area contributed by atoms with Crippen molar-refractivity contribution in [3.63, 3.8) is 0 Å². The summed E-state index contributed by atoms with van der Waals surface area (Å²) in [6.07, 6.45) is 6.48. The first-order valence-electron chi connectivity index (χ1n) is 5.49. The molecule has 0 saturated carbocycles. The van der Waals surface area contributed by atoms with Crippen molar-refractivity contribution in [2.45, 2.75) is 26.2 Å². The van der Waals surface area contributed by atoms with E-state index in [0.29, 0.717) is 12.0 Å². The van der Waals surface area contributed by atoms with E-state index in [1.54, 1.807) is 0 Å². The molecule has 0 aliphatic heterocycles. The SMILES string of the molecule is CCC/C=C/Cc1cc(O)c(O)c(C(=O)O)c1. The van der Waals surface area contributed by atoms with Crippen LogP contribution >= 0.6 is 0 Å². The van der Waals surface area contributed by atoms with E-state index in [1.807, 2.05) is 12.2 Å². The van der Waals surface area contributed by atoms with E-state index in [-0.39, 0.29) is 5.56 Å². The lowest BCUT2D eigenvalue weighted by Gasteiger charge is -2.05. The second-order valence-electron chi connectivity index (χ2n) is 3.78. The maximum Gasteiger partial charge on any atom is 0.339 e. The molecular formula is C13H16O4. The quantitative estimate of drug-likeness (QED) is 0.542. The van der Waals surface area contributed by atoms with Crippen LogP contribution in [0.25, 0.3) is 0 Å². The van der Waals surface area contributed by atoms with Gasteiger partial charge >= 0.3 is 5.97 Å². The summed E-state index contributed by atoms with van der Waals surface area (Å²) < 4.78 is 0. The van der Waals surface area contributed by atoms with E-state index >= 15 is 0 Å². The molecular weight excluding hydrogens is 220 g/mol. The van der Waals surface area contributed by atoms with Crippen molar-refractivity contribution in [3.8, 4) is 11.5 Å². The summed E-state index contributed by atoms with van der Waals surface area (Å²) in [5.41, 5.74) is 0.383. The predicted molar refractivity (Wildman–Crippen MR) is 64.5 cm³/mol. The van der Waals surface area contributed by atoms with Crippen molar-refractivity contribution in [3.05, 3.63) is 35.4 Å². The van der Waals surface area contributed by atoms with Crippen molar-refractivity contribution in [1.82, 2.24) is 0 Å². The molecule has 4 nitrogen and oxygen atoms in total. The molecule has 0 spiro atoms. The fourth-order valence-electron chi connectivity index (χ4n) is 1.46. The maximum atomic E-state index is 10.8. The predicted octanol–water partition coefficient (Wildman–Crippen LogP) is 2.69. The minimum Gasteiger partial charge on any atom is -0.504 e. The molecule has 17 heavy (non-hydrogen) atoms. The first kappa shape index (κ1) is 13.1. The van der Waals surface area contributed by atoms with Gasteiger partial charge in [0.05, 0.1) is 0 Å². The summed E-state index contributed by atoms with van der Waals surface area (Å²) in [6.45, 7) is 2.07. The molecule has 1 aromatic rings. The Bertz CT molecular complexity index is 435. The Hall–Kier alpha value is -1.97. The van der Waals surface area contributed by atoms with Crippen LogP contribution in [-0.2, 0) is 6.42 Å². The summed E-state index contributed by atoms with van der Waals surface area (Å²) in [7, 11) is 0. The minimum atomic E-state index is -1.25. The molecule has 0 aromatic heterocycles. The molecule has 92 valence electrons. The third-order valence-electron chi connectivity index (χ3n) is 2.36. The Morgan fingerprint density at radius 2 is 2.00 bits per heavy atom. The summed E-state index contributed by atoms with van der Waals surface area (Å²) in [5.74, 6) is -2.24. The number of allylic oxidation sites excluding steroid dienone is 2. The Morgan fingerprint density at radius 1 is 1.29 bits per heavy atom. The monoisotopic (exact) mass is 236 g/mol. The number of aromatic carboxylic acids is 1. The number of carboxylic acids is 1. The molecule has 1 rings (SSSR count). The maximum absolute atomic E-state index is 10.8. The van der Waals surface area contributed by atoms with E-state index in [1.165, 1.54) is 12.1 Å². The van der Waals surface area contributed by atoms with Gasteiger partial charge in [0.15, 0.2) is 11.5 Å². The Morgan fingerprint density at radius 3 is 2.59 bits per heavy atom. The molecule has 0 aliphatic rings. The topological polar surface area (TPSA) is 77.8 Å². The molecule has 0 radical (unpaired) electrons. The summed E-state index contributed by atoms with van der Waals surface area (Å²) in [6, 6.07) is 2.74. The number of carbonyl (C=O) groups is 1. The molecule has 0 atom stereocenters. The number of carboxylic acid groups (broad SMARTS) is 1. The number of aromatic hydroxyl groups is 2. The van der Waals surface area contributed by atoms with Gasteiger partial charge < -0.3 is 15.3 Å². The number of hydrogen-bond donors (Lipinski definition) is 3. The fourth-order valence-corrected chi connectivity index (χ4v) is 1.46. The van der Waals surface area contributed by atoms with Crippen LogP contribution in [0.5, 0.6) is 11.5 Å². The van der Waals surface area contributed by atoms with Gasteiger partial charge in [-0.3, -0.25) is 0 Å². The number of phenols is 2. The molecule has 0 unspecified atom stereocenters. The van der Waals surface area contributed by atoms with Crippen LogP contribution in [0.2, 0.25) is 0 Å². The average molecular weight is 236 g/mol. The molecule has 0 heterocycles. The van der Waals surface area contributed by atoms with Crippen molar-refractivity contribution >= 4 is 5.97 Å². The van der Waals surface area contributed by atoms with Crippen molar-refractivity contribution in [2.75, 3.05) is 0 Å². The van der Waals surface area contributed by atoms with Crippen LogP contribution < -0.4 is 0 Å². The zero-order chi connectivity index (χ0) is 12.8. The van der Waals surface area contributed by atoms with Crippen LogP contribution in [-0.4, -0.2) is 21.3 Å². The lowest BCUT2D eigenvalue weighted by molar-refractivity contribution is 0.0693. The van der Waals surface area contributed by atoms with Gasteiger partial charge in [0.1, 0.15) is 5.56 Å². The molecule has 3 N–H and O–H groups in total. The Kier molecular flexibility index (Phi) is 4.57. The van der Waals surface area contributed by atoms with Gasteiger partial charge in [-0.2, -0.15) is 0 Å². The van der Waals surface area contributed by atoms with Crippen LogP contribution in [0.3, 0.4) is 0 Å². The molecule has 0 saturated heterocycles. The first-order valence-corrected chi connectivity index (χ1v) is 5.49. The van der Waals surface area contributed by atoms with Crippen molar-refractivity contribution in [2.24, 2.45) is 0 Å². The molecule has 0 bridgehead atoms. The Labute approximate surface area is 99.8 Å². The summed E-state index contributed by atoms with van der Waals surface area (Å²) in [4.78, 5) is 10.8. The highest BCUT2D eigenvalue weighted by Gasteiger charge is 2.14. The molecule has 0 aliphatic carbocycles. The van der Waals surface area contributed by atoms with E-state index in [2.05, 4.69) is 6.92 Å². The molecule has 1 aromatic carbocycles. The van der Waals surface area contributed by atoms with E-state index < -0.39 is 17.5 Å². The lowest BCUT2D eigenvalue weighted by Crippen LogP contribution is -1.98. The van der Waals surface area contributed by atoms with Crippen LogP contribution in [0.15, 0.2) is 24.3 Å². The fraction of sp³-hybridized carbons (Fsp3) is 0.308. The number of unbranched alkanes of at least 4 members (excludes halogenated alkanes) is 1. The first-order chi connectivity index (χ1) is 8.06. The third kappa shape index (κ3) is 3.52. The summed E-state index contributed by atoms with van der Waals surface area (Å²) >= 11 is 0. The van der Waals surface area contributed by atoms with Crippen LogP contribution in [0.1, 0.15) is 35.7 Å². The van der Waals surface area contributed by atoms with Crippen molar-refractivity contribution in [1.29, 1.82) is 0 Å². The normalized spacial score (nSPS) is 10.9. The highest BCUT2D eigenvalue weighted by atomic mass is 16.4. The van der Waals surface area contributed by atoms with Gasteiger partial charge in [-0.1, -0.05) is 25.5 Å². The second kappa shape index (κ2) is 5.94. The van der Waals surface area contributed by atoms with Gasteiger partial charge in [-0.25, -0.2) is 4.79 Å². The second-order valence-corrected chi connectivity index (χ2v) is 3.78. The van der Waals surface area contributed by atoms with Gasteiger partial charge in [0, 0.05) is 0 Å². The highest BCUT2D eigenvalue weighted by Crippen LogP contribution is 2.30. The lowest BCUT2D eigenvalue weighted by atomic mass is 10.1. The van der Waals surface area contributed by atoms with Gasteiger partial charge in [-0.15, -0.1) is 0 Å². The smallest absolute Gasteiger partial charge is 0.339 e. The van der Waals surface area contributed by atoms with Gasteiger partial charge in [-0.05, 0) is 30.5 Å². The van der Waals surface area contributed by atoms with Crippen LogP contribution in [0.4, 0.5) is 0 Å². The summed E-state index contributed by atoms with van der Waals surface area (Å²) in [5, 5.41) is 27.6. The average Bonchev–Trinajstić information content (AvgIpc) is 2.28. The largest absolute Gasteiger partial charge is 0.504 e. The standard InChI is InChI=1S/C13H16O4/c1-2-3-4-5-6-9-7-10(13(16)17)12(15)11(14)8-9/h4-5,7-8,14-15H,2-3,6H2,1H3,(H,16,17)/b5-4+. The van der Waals surface area contributed by atoms with Crippen LogP contribution in [0, 0.1) is 0 Å². The van der Waals surface area contributed by atoms with Gasteiger partial charge in [0.2, 0.25) is 0 Å². The Balaban J connectivity index is 2.91. The zero-order valence-electron chi connectivity index (χ0n) is 9.68. The number of rotatable bonds is 5. The number of benzene rings is 1. The minimum absolute atomic E-state index is 0.274. The number of phenolic OH excluding ortho intramolecular Hbond substituents is 1. The molecule has 0 fully saturated rings. The van der Waals surface area contributed by atoms with Crippen molar-refractivity contribution < 1.29 is 20.1 Å². The highest BCUT2D eigenvalue weighted by molar-refractivity contribution is 5.92. The zero-order valence-corrected chi connectivity index (χ0v) is 9.68. The number of hydrogen-bond acceptors (Lipinski definition) is 3. The van der Waals surface area contributed by atoms with E-state index in [4.69, 9.17) is 5.11 Å². The third-order valence-corrected chi connectivity index (χ3v) is 2.36. The molecule has 0 amide bonds. The molecule has 4 heteroatoms. The van der Waals surface area contributed by atoms with E-state index in [0.717, 1.165) is 12.8 Å². The van der Waals surface area contributed by atoms with Gasteiger partial charge in [0.25, 0.3) is 0 Å². The van der Waals surface area contributed by atoms with E-state index in [9.17, 15) is 15.0 Å².